The molecule has 0 bridgehead atoms. The van der Waals surface area contributed by atoms with Crippen LogP contribution < -0.4 is 5.32 Å². The molecule has 1 atom stereocenters. The van der Waals surface area contributed by atoms with Crippen LogP contribution in [0.5, 0.6) is 0 Å². The van der Waals surface area contributed by atoms with Crippen LogP contribution >= 0.6 is 0 Å². The Balaban J connectivity index is 1.64. The molecular weight excluding hydrogens is 331 g/mol. The van der Waals surface area contributed by atoms with Gasteiger partial charge in [0.25, 0.3) is 0 Å². The van der Waals surface area contributed by atoms with Gasteiger partial charge in [0.2, 0.25) is 0 Å². The van der Waals surface area contributed by atoms with Crippen LogP contribution in [0, 0.1) is 5.82 Å². The van der Waals surface area contributed by atoms with E-state index in [1.54, 1.807) is 22.8 Å². The van der Waals surface area contributed by atoms with Crippen molar-refractivity contribution in [3.05, 3.63) is 35.9 Å². The molecule has 1 aliphatic rings. The van der Waals surface area contributed by atoms with Crippen molar-refractivity contribution < 1.29 is 18.7 Å². The molecule has 1 aliphatic heterocycles. The number of hydrogen-bond acceptors (Lipinski definition) is 6. The number of morpholine rings is 1. The highest BCUT2D eigenvalue weighted by Crippen LogP contribution is 2.21. The third-order valence-corrected chi connectivity index (χ3v) is 3.78. The van der Waals surface area contributed by atoms with Gasteiger partial charge in [-0.15, -0.1) is 5.10 Å². The van der Waals surface area contributed by atoms with Gasteiger partial charge in [-0.1, -0.05) is 6.07 Å². The zero-order valence-corrected chi connectivity index (χ0v) is 13.8. The summed E-state index contributed by atoms with van der Waals surface area (Å²) >= 11 is 0. The molecule has 2 aromatic rings. The lowest BCUT2D eigenvalue weighted by Gasteiger charge is -2.32. The number of amides is 2. The van der Waals surface area contributed by atoms with E-state index in [0.29, 0.717) is 44.4 Å². The average Bonchev–Trinajstić information content (AvgIpc) is 3.08. The lowest BCUT2D eigenvalue weighted by atomic mass is 10.2. The summed E-state index contributed by atoms with van der Waals surface area (Å²) in [6.45, 7) is 2.05. The number of methoxy groups -OCH3 is 1. The van der Waals surface area contributed by atoms with Crippen molar-refractivity contribution >= 4 is 11.7 Å². The number of carbonyl (C=O) groups excluding carboxylic acids is 1. The van der Waals surface area contributed by atoms with Gasteiger partial charge < -0.3 is 19.7 Å². The minimum atomic E-state index is -0.432. The minimum Gasteiger partial charge on any atom is -0.383 e. The molecule has 1 N–H and O–H groups in total. The van der Waals surface area contributed by atoms with E-state index in [2.05, 4.69) is 20.8 Å². The molecule has 1 saturated heterocycles. The van der Waals surface area contributed by atoms with Gasteiger partial charge in [-0.25, -0.2) is 13.9 Å². The molecule has 9 nitrogen and oxygen atoms in total. The molecule has 25 heavy (non-hydrogen) atoms. The second kappa shape index (κ2) is 7.99. The first-order valence-corrected chi connectivity index (χ1v) is 7.85. The summed E-state index contributed by atoms with van der Waals surface area (Å²) in [6.07, 6.45) is -0.432. The number of urea groups is 1. The maximum Gasteiger partial charge on any atom is 0.322 e. The number of carbonyl (C=O) groups is 1. The molecule has 1 aromatic heterocycles. The number of tetrazole rings is 1. The Kier molecular flexibility index (Phi) is 5.51. The molecule has 2 amide bonds. The van der Waals surface area contributed by atoms with Gasteiger partial charge in [0.1, 0.15) is 11.9 Å². The van der Waals surface area contributed by atoms with Crippen molar-refractivity contribution in [2.75, 3.05) is 38.7 Å². The number of halogens is 1. The average molecular weight is 350 g/mol. The molecule has 134 valence electrons. The van der Waals surface area contributed by atoms with E-state index in [4.69, 9.17) is 9.47 Å². The van der Waals surface area contributed by atoms with Crippen LogP contribution in [0.4, 0.5) is 14.9 Å². The highest BCUT2D eigenvalue weighted by Gasteiger charge is 2.29. The molecule has 1 fully saturated rings. The van der Waals surface area contributed by atoms with Crippen molar-refractivity contribution in [2.45, 2.75) is 12.6 Å². The SMILES string of the molecule is COCCn1nnnc1[C@@H]1CN(C(=O)Nc2cccc(F)c2)CCO1. The Morgan fingerprint density at radius 3 is 3.20 bits per heavy atom. The maximum atomic E-state index is 13.2. The minimum absolute atomic E-state index is 0.300. The Hall–Kier alpha value is -2.59. The summed E-state index contributed by atoms with van der Waals surface area (Å²) in [5.41, 5.74) is 0.401. The largest absolute Gasteiger partial charge is 0.383 e. The number of nitrogens with one attached hydrogen (secondary N) is 1. The number of benzene rings is 1. The van der Waals surface area contributed by atoms with Gasteiger partial charge in [-0.3, -0.25) is 0 Å². The summed E-state index contributed by atoms with van der Waals surface area (Å²) < 4.78 is 25.6. The monoisotopic (exact) mass is 350 g/mol. The van der Waals surface area contributed by atoms with Crippen LogP contribution in [-0.4, -0.2) is 64.6 Å². The topological polar surface area (TPSA) is 94.4 Å². The molecule has 0 aliphatic carbocycles. The first-order chi connectivity index (χ1) is 12.2. The van der Waals surface area contributed by atoms with E-state index >= 15 is 0 Å². The molecule has 1 aromatic carbocycles. The lowest BCUT2D eigenvalue weighted by Crippen LogP contribution is -2.45. The summed E-state index contributed by atoms with van der Waals surface area (Å²) in [5.74, 6) is 0.135. The molecule has 2 heterocycles. The number of nitrogens with zero attached hydrogens (tertiary/aromatic N) is 5. The van der Waals surface area contributed by atoms with E-state index in [1.807, 2.05) is 0 Å². The zero-order chi connectivity index (χ0) is 17.6. The van der Waals surface area contributed by atoms with Crippen LogP contribution in [0.15, 0.2) is 24.3 Å². The third kappa shape index (κ3) is 4.28. The fourth-order valence-corrected chi connectivity index (χ4v) is 2.54. The second-order valence-corrected chi connectivity index (χ2v) is 5.50. The first kappa shape index (κ1) is 17.2. The maximum absolute atomic E-state index is 13.2. The molecule has 0 saturated carbocycles. The van der Waals surface area contributed by atoms with Crippen molar-refractivity contribution in [1.82, 2.24) is 25.1 Å². The first-order valence-electron chi connectivity index (χ1n) is 7.85. The van der Waals surface area contributed by atoms with Gasteiger partial charge >= 0.3 is 6.03 Å². The predicted octanol–water partition coefficient (Wildman–Crippen LogP) is 1.06. The molecule has 0 unspecified atom stereocenters. The molecule has 0 spiro atoms. The van der Waals surface area contributed by atoms with Gasteiger partial charge in [-0.05, 0) is 28.6 Å². The van der Waals surface area contributed by atoms with E-state index < -0.39 is 11.9 Å². The van der Waals surface area contributed by atoms with Crippen LogP contribution in [0.1, 0.15) is 11.9 Å². The van der Waals surface area contributed by atoms with Crippen molar-refractivity contribution in [3.8, 4) is 0 Å². The lowest BCUT2D eigenvalue weighted by molar-refractivity contribution is -0.0209. The highest BCUT2D eigenvalue weighted by molar-refractivity contribution is 5.89. The number of aromatic nitrogens is 4. The number of ether oxygens (including phenoxy) is 2. The van der Waals surface area contributed by atoms with Crippen LogP contribution in [0.3, 0.4) is 0 Å². The Bertz CT molecular complexity index is 725. The fourth-order valence-electron chi connectivity index (χ4n) is 2.54. The van der Waals surface area contributed by atoms with E-state index in [0.717, 1.165) is 0 Å². The standard InChI is InChI=1S/C15H19FN6O3/c1-24-7-6-22-14(18-19-20-22)13-10-21(5-8-25-13)15(23)17-12-4-2-3-11(16)9-12/h2-4,9,13H,5-8,10H2,1H3,(H,17,23)/t13-/m0/s1. The number of rotatable bonds is 5. The third-order valence-electron chi connectivity index (χ3n) is 3.78. The fraction of sp³-hybridized carbons (Fsp3) is 0.467. The van der Waals surface area contributed by atoms with Crippen molar-refractivity contribution in [3.63, 3.8) is 0 Å². The van der Waals surface area contributed by atoms with Crippen LogP contribution in [0.25, 0.3) is 0 Å². The van der Waals surface area contributed by atoms with Crippen LogP contribution in [-0.2, 0) is 16.0 Å². The summed E-state index contributed by atoms with van der Waals surface area (Å²) in [6, 6.07) is 5.43. The van der Waals surface area contributed by atoms with Gasteiger partial charge in [-0.2, -0.15) is 0 Å². The van der Waals surface area contributed by atoms with Crippen molar-refractivity contribution in [2.24, 2.45) is 0 Å². The Labute approximate surface area is 143 Å². The molecular formula is C15H19FN6O3. The Morgan fingerprint density at radius 1 is 1.52 bits per heavy atom. The van der Waals surface area contributed by atoms with E-state index in [-0.39, 0.29) is 6.03 Å². The number of anilines is 1. The quantitative estimate of drug-likeness (QED) is 0.867. The van der Waals surface area contributed by atoms with Crippen LogP contribution in [0.2, 0.25) is 0 Å². The predicted molar refractivity (Wildman–Crippen MR) is 85.4 cm³/mol. The molecule has 0 radical (unpaired) electrons. The molecule has 3 rings (SSSR count). The zero-order valence-electron chi connectivity index (χ0n) is 13.8. The summed E-state index contributed by atoms with van der Waals surface area (Å²) in [4.78, 5) is 14.0. The van der Waals surface area contributed by atoms with E-state index in [1.165, 1.54) is 18.2 Å². The Morgan fingerprint density at radius 2 is 2.40 bits per heavy atom. The van der Waals surface area contributed by atoms with Crippen molar-refractivity contribution in [1.29, 1.82) is 0 Å². The van der Waals surface area contributed by atoms with E-state index in [9.17, 15) is 9.18 Å². The van der Waals surface area contributed by atoms with Gasteiger partial charge in [0, 0.05) is 19.3 Å². The summed E-state index contributed by atoms with van der Waals surface area (Å²) in [5, 5.41) is 14.3. The van der Waals surface area contributed by atoms with Gasteiger partial charge in [0.05, 0.1) is 26.3 Å². The smallest absolute Gasteiger partial charge is 0.322 e. The second-order valence-electron chi connectivity index (χ2n) is 5.50. The highest BCUT2D eigenvalue weighted by atomic mass is 19.1. The normalized spacial score (nSPS) is 17.5. The summed E-state index contributed by atoms with van der Waals surface area (Å²) in [7, 11) is 1.60. The molecule has 10 heteroatoms. The number of hydrogen-bond donors (Lipinski definition) is 1. The van der Waals surface area contributed by atoms with Gasteiger partial charge in [0.15, 0.2) is 5.82 Å².